The Bertz CT molecular complexity index is 1140. The first-order valence-electron chi connectivity index (χ1n) is 11.3. The Morgan fingerprint density at radius 2 is 2.03 bits per heavy atom. The molecular weight excluding hydrogens is 453 g/mol. The molecule has 180 valence electrons. The fraction of sp³-hybridized carbons (Fsp3) is 0.458. The van der Waals surface area contributed by atoms with Crippen LogP contribution in [0.2, 0.25) is 0 Å². The highest BCUT2D eigenvalue weighted by Crippen LogP contribution is 2.43. The summed E-state index contributed by atoms with van der Waals surface area (Å²) < 4.78 is 14.3. The molecule has 3 heterocycles. The number of hydrogen-bond donors (Lipinski definition) is 3. The summed E-state index contributed by atoms with van der Waals surface area (Å²) in [5, 5.41) is 15.4. The van der Waals surface area contributed by atoms with Crippen molar-refractivity contribution < 1.29 is 9.18 Å². The van der Waals surface area contributed by atoms with Crippen LogP contribution in [0.1, 0.15) is 50.6 Å². The monoisotopic (exact) mass is 483 g/mol. The second-order valence-electron chi connectivity index (χ2n) is 9.82. The summed E-state index contributed by atoms with van der Waals surface area (Å²) in [6.07, 6.45) is 6.19. The van der Waals surface area contributed by atoms with Crippen molar-refractivity contribution in [2.45, 2.75) is 58.0 Å². The number of thiazole rings is 1. The summed E-state index contributed by atoms with van der Waals surface area (Å²) in [7, 11) is 0. The molecule has 1 atom stereocenters. The van der Waals surface area contributed by atoms with Crippen LogP contribution in [-0.4, -0.2) is 38.7 Å². The van der Waals surface area contributed by atoms with Crippen LogP contribution < -0.4 is 16.4 Å². The van der Waals surface area contributed by atoms with Crippen molar-refractivity contribution in [3.8, 4) is 10.7 Å². The highest BCUT2D eigenvalue weighted by molar-refractivity contribution is 7.15. The Balaban J connectivity index is 1.35. The molecule has 1 aliphatic rings. The number of nitrogens with two attached hydrogens (primary N) is 1. The van der Waals surface area contributed by atoms with E-state index < -0.39 is 6.04 Å². The molecule has 1 aliphatic carbocycles. The van der Waals surface area contributed by atoms with E-state index in [0.717, 1.165) is 29.1 Å². The fourth-order valence-corrected chi connectivity index (χ4v) is 4.68. The number of carbonyl (C=O) groups excluding carboxylic acids is 1. The Hall–Kier alpha value is -2.98. The van der Waals surface area contributed by atoms with Crippen LogP contribution in [0.15, 0.2) is 36.7 Å². The number of halogens is 1. The smallest absolute Gasteiger partial charge is 0.237 e. The van der Waals surface area contributed by atoms with Gasteiger partial charge in [-0.3, -0.25) is 9.78 Å². The van der Waals surface area contributed by atoms with Crippen LogP contribution in [-0.2, 0) is 16.8 Å². The standard InChI is InChI=1S/C24H30FN7OS/c1-23(2,3)19(26)21(33)28-12-15-13-29-22(34-15)17-7-8-18(32-31-17)30-14-24(9-5-10-24)20-16(25)6-4-11-27-20/h4,6-8,11,13,19H,5,9-10,12,14,26H2,1-3H3,(H,28,33)(H,30,32)/t19-/m1/s1. The topological polar surface area (TPSA) is 119 Å². The van der Waals surface area contributed by atoms with E-state index in [9.17, 15) is 9.18 Å². The lowest BCUT2D eigenvalue weighted by Gasteiger charge is -2.41. The van der Waals surface area contributed by atoms with Crippen molar-refractivity contribution in [1.82, 2.24) is 25.5 Å². The van der Waals surface area contributed by atoms with Crippen LogP contribution in [0.25, 0.3) is 10.7 Å². The zero-order chi connectivity index (χ0) is 24.3. The zero-order valence-electron chi connectivity index (χ0n) is 19.6. The van der Waals surface area contributed by atoms with Crippen LogP contribution in [0.3, 0.4) is 0 Å². The van der Waals surface area contributed by atoms with E-state index in [1.807, 2.05) is 32.9 Å². The normalized spacial score (nSPS) is 15.9. The van der Waals surface area contributed by atoms with E-state index in [0.29, 0.717) is 30.3 Å². The van der Waals surface area contributed by atoms with Gasteiger partial charge < -0.3 is 16.4 Å². The maximum Gasteiger partial charge on any atom is 0.237 e. The lowest BCUT2D eigenvalue weighted by atomic mass is 9.66. The van der Waals surface area contributed by atoms with Gasteiger partial charge in [0.1, 0.15) is 22.3 Å². The number of aromatic nitrogens is 4. The Morgan fingerprint density at radius 3 is 2.65 bits per heavy atom. The van der Waals surface area contributed by atoms with E-state index >= 15 is 0 Å². The van der Waals surface area contributed by atoms with Crippen molar-refractivity contribution in [2.75, 3.05) is 11.9 Å². The van der Waals surface area contributed by atoms with Gasteiger partial charge in [-0.2, -0.15) is 0 Å². The van der Waals surface area contributed by atoms with Gasteiger partial charge in [-0.25, -0.2) is 9.37 Å². The summed E-state index contributed by atoms with van der Waals surface area (Å²) in [4.78, 5) is 21.8. The number of rotatable bonds is 8. The molecule has 8 nitrogen and oxygen atoms in total. The first-order chi connectivity index (χ1) is 16.2. The van der Waals surface area contributed by atoms with Crippen molar-refractivity contribution in [1.29, 1.82) is 0 Å². The highest BCUT2D eigenvalue weighted by Gasteiger charge is 2.41. The van der Waals surface area contributed by atoms with Crippen LogP contribution in [0, 0.1) is 11.2 Å². The van der Waals surface area contributed by atoms with Crippen molar-refractivity contribution >= 4 is 23.1 Å². The molecule has 3 aromatic rings. The Labute approximate surface area is 202 Å². The zero-order valence-corrected chi connectivity index (χ0v) is 20.5. The molecule has 0 radical (unpaired) electrons. The van der Waals surface area contributed by atoms with Gasteiger partial charge in [-0.15, -0.1) is 21.5 Å². The summed E-state index contributed by atoms with van der Waals surface area (Å²) in [6.45, 7) is 6.71. The minimum absolute atomic E-state index is 0.188. The molecule has 1 amide bonds. The highest BCUT2D eigenvalue weighted by atomic mass is 32.1. The predicted molar refractivity (Wildman–Crippen MR) is 131 cm³/mol. The molecule has 0 bridgehead atoms. The summed E-state index contributed by atoms with van der Waals surface area (Å²) in [5.41, 5.74) is 6.55. The lowest BCUT2D eigenvalue weighted by Crippen LogP contribution is -2.48. The maximum atomic E-state index is 14.3. The second-order valence-corrected chi connectivity index (χ2v) is 10.9. The third kappa shape index (κ3) is 5.23. The largest absolute Gasteiger partial charge is 0.368 e. The number of nitrogens with zero attached hydrogens (tertiary/aromatic N) is 4. The number of pyridine rings is 1. The molecule has 4 N–H and O–H groups in total. The van der Waals surface area contributed by atoms with Gasteiger partial charge in [0.15, 0.2) is 0 Å². The SMILES string of the molecule is CC(C)(C)[C@H](N)C(=O)NCc1cnc(-c2ccc(NCC3(c4ncccc4F)CCC3)nn2)s1. The molecule has 0 unspecified atom stereocenters. The molecule has 34 heavy (non-hydrogen) atoms. The molecule has 1 saturated carbocycles. The number of hydrogen-bond acceptors (Lipinski definition) is 8. The van der Waals surface area contributed by atoms with Crippen LogP contribution in [0.4, 0.5) is 10.2 Å². The number of amides is 1. The minimum Gasteiger partial charge on any atom is -0.368 e. The average molecular weight is 484 g/mol. The molecule has 10 heteroatoms. The predicted octanol–water partition coefficient (Wildman–Crippen LogP) is 3.66. The van der Waals surface area contributed by atoms with E-state index in [2.05, 4.69) is 30.8 Å². The number of nitrogens with one attached hydrogen (secondary N) is 2. The Morgan fingerprint density at radius 1 is 1.24 bits per heavy atom. The molecule has 0 spiro atoms. The summed E-state index contributed by atoms with van der Waals surface area (Å²) in [6, 6.07) is 6.18. The van der Waals surface area contributed by atoms with Gasteiger partial charge in [0.2, 0.25) is 5.91 Å². The molecule has 0 saturated heterocycles. The van der Waals surface area contributed by atoms with Gasteiger partial charge in [0.25, 0.3) is 0 Å². The molecule has 0 aromatic carbocycles. The quantitative estimate of drug-likeness (QED) is 0.447. The van der Waals surface area contributed by atoms with Gasteiger partial charge >= 0.3 is 0 Å². The van der Waals surface area contributed by atoms with Gasteiger partial charge in [0.05, 0.1) is 18.3 Å². The lowest BCUT2D eigenvalue weighted by molar-refractivity contribution is -0.124. The molecule has 0 aliphatic heterocycles. The van der Waals surface area contributed by atoms with Crippen LogP contribution >= 0.6 is 11.3 Å². The van der Waals surface area contributed by atoms with Crippen molar-refractivity contribution in [3.05, 3.63) is 53.0 Å². The van der Waals surface area contributed by atoms with E-state index in [1.54, 1.807) is 18.5 Å². The van der Waals surface area contributed by atoms with E-state index in [4.69, 9.17) is 5.73 Å². The minimum atomic E-state index is -0.584. The van der Waals surface area contributed by atoms with Gasteiger partial charge in [-0.05, 0) is 42.5 Å². The molecule has 3 aromatic heterocycles. The molecular formula is C24H30FN7OS. The molecule has 1 fully saturated rings. The summed E-state index contributed by atoms with van der Waals surface area (Å²) >= 11 is 1.44. The first-order valence-corrected chi connectivity index (χ1v) is 12.2. The first kappa shape index (κ1) is 24.2. The van der Waals surface area contributed by atoms with Gasteiger partial charge in [0, 0.05) is 29.2 Å². The number of carbonyl (C=O) groups is 1. The maximum absolute atomic E-state index is 14.3. The molecule has 4 rings (SSSR count). The van der Waals surface area contributed by atoms with Crippen molar-refractivity contribution in [3.63, 3.8) is 0 Å². The van der Waals surface area contributed by atoms with E-state index in [1.165, 1.54) is 17.4 Å². The third-order valence-corrected chi connectivity index (χ3v) is 7.29. The fourth-order valence-electron chi connectivity index (χ4n) is 3.86. The third-order valence-electron chi connectivity index (χ3n) is 6.27. The second kappa shape index (κ2) is 9.71. The van der Waals surface area contributed by atoms with Crippen LogP contribution in [0.5, 0.6) is 0 Å². The van der Waals surface area contributed by atoms with E-state index in [-0.39, 0.29) is 22.6 Å². The average Bonchev–Trinajstić information content (AvgIpc) is 3.26. The van der Waals surface area contributed by atoms with Gasteiger partial charge in [-0.1, -0.05) is 27.2 Å². The summed E-state index contributed by atoms with van der Waals surface area (Å²) in [5.74, 6) is 0.167. The Kier molecular flexibility index (Phi) is 6.90. The van der Waals surface area contributed by atoms with Crippen molar-refractivity contribution in [2.24, 2.45) is 11.1 Å². The number of anilines is 1.